The minimum absolute atomic E-state index is 0.0933. The van der Waals surface area contributed by atoms with Crippen LogP contribution in [0.2, 0.25) is 0 Å². The number of ether oxygens (including phenoxy) is 1. The number of carbonyl (C=O) groups is 1. The molecule has 86 valence electrons. The molecule has 2 unspecified atom stereocenters. The third kappa shape index (κ3) is 2.30. The van der Waals surface area contributed by atoms with Gasteiger partial charge in [0.1, 0.15) is 6.04 Å². The van der Waals surface area contributed by atoms with Crippen LogP contribution in [0.15, 0.2) is 0 Å². The zero-order valence-electron chi connectivity index (χ0n) is 9.19. The Morgan fingerprint density at radius 2 is 2.20 bits per heavy atom. The third-order valence-corrected chi connectivity index (χ3v) is 3.15. The Labute approximate surface area is 90.1 Å². The van der Waals surface area contributed by atoms with E-state index < -0.39 is 0 Å². The van der Waals surface area contributed by atoms with Crippen molar-refractivity contribution in [2.75, 3.05) is 39.4 Å². The van der Waals surface area contributed by atoms with Crippen molar-refractivity contribution in [1.82, 2.24) is 9.80 Å². The Morgan fingerprint density at radius 3 is 2.73 bits per heavy atom. The van der Waals surface area contributed by atoms with Crippen molar-refractivity contribution in [1.29, 1.82) is 0 Å². The summed E-state index contributed by atoms with van der Waals surface area (Å²) < 4.78 is 5.28. The first-order valence-corrected chi connectivity index (χ1v) is 5.54. The molecule has 2 saturated heterocycles. The van der Waals surface area contributed by atoms with Gasteiger partial charge in [-0.2, -0.15) is 0 Å². The quantitative estimate of drug-likeness (QED) is 0.603. The molecule has 0 radical (unpaired) electrons. The summed E-state index contributed by atoms with van der Waals surface area (Å²) in [7, 11) is 0. The Kier molecular flexibility index (Phi) is 3.23. The molecule has 1 amide bonds. The van der Waals surface area contributed by atoms with E-state index in [-0.39, 0.29) is 18.0 Å². The molecule has 2 fully saturated rings. The van der Waals surface area contributed by atoms with Crippen molar-refractivity contribution in [3.63, 3.8) is 0 Å². The molecule has 0 aromatic rings. The summed E-state index contributed by atoms with van der Waals surface area (Å²) >= 11 is 0. The van der Waals surface area contributed by atoms with Gasteiger partial charge in [-0.3, -0.25) is 9.69 Å². The standard InChI is InChI=1S/C10H19N3O2/c1-8(13-7-9(11)10(13)14)6-12-2-4-15-5-3-12/h8-9H,2-7,11H2,1H3. The first-order valence-electron chi connectivity index (χ1n) is 5.54. The first-order chi connectivity index (χ1) is 7.18. The van der Waals surface area contributed by atoms with Gasteiger partial charge in [0.05, 0.1) is 13.2 Å². The molecule has 5 nitrogen and oxygen atoms in total. The van der Waals surface area contributed by atoms with Crippen LogP contribution in [-0.2, 0) is 9.53 Å². The molecule has 2 aliphatic rings. The predicted octanol–water partition coefficient (Wildman–Crippen LogP) is -1.12. The first kappa shape index (κ1) is 10.9. The molecule has 0 aromatic carbocycles. The second kappa shape index (κ2) is 4.47. The van der Waals surface area contributed by atoms with Gasteiger partial charge in [0, 0.05) is 32.2 Å². The number of rotatable bonds is 3. The molecule has 15 heavy (non-hydrogen) atoms. The van der Waals surface area contributed by atoms with Crippen molar-refractivity contribution < 1.29 is 9.53 Å². The molecule has 2 aliphatic heterocycles. The van der Waals surface area contributed by atoms with Crippen LogP contribution in [0.25, 0.3) is 0 Å². The minimum atomic E-state index is -0.253. The Morgan fingerprint density at radius 1 is 1.53 bits per heavy atom. The molecular formula is C10H19N3O2. The van der Waals surface area contributed by atoms with Gasteiger partial charge in [-0.05, 0) is 6.92 Å². The number of amides is 1. The molecule has 0 saturated carbocycles. The number of morpholine rings is 1. The highest BCUT2D eigenvalue weighted by atomic mass is 16.5. The fraction of sp³-hybridized carbons (Fsp3) is 0.900. The highest BCUT2D eigenvalue weighted by molar-refractivity contribution is 5.87. The molecule has 0 aliphatic carbocycles. The predicted molar refractivity (Wildman–Crippen MR) is 56.4 cm³/mol. The largest absolute Gasteiger partial charge is 0.379 e. The summed E-state index contributed by atoms with van der Waals surface area (Å²) in [5.74, 6) is 0.0933. The molecule has 2 N–H and O–H groups in total. The molecule has 2 atom stereocenters. The van der Waals surface area contributed by atoms with Crippen LogP contribution in [0, 0.1) is 0 Å². The molecule has 2 rings (SSSR count). The van der Waals surface area contributed by atoms with Crippen LogP contribution in [-0.4, -0.2) is 67.2 Å². The van der Waals surface area contributed by atoms with Gasteiger partial charge in [-0.25, -0.2) is 0 Å². The highest BCUT2D eigenvalue weighted by Crippen LogP contribution is 2.13. The molecule has 2 heterocycles. The molecule has 0 aromatic heterocycles. The van der Waals surface area contributed by atoms with Gasteiger partial charge in [0.15, 0.2) is 0 Å². The number of nitrogens with two attached hydrogens (primary N) is 1. The molecule has 5 heteroatoms. The van der Waals surface area contributed by atoms with E-state index in [1.807, 2.05) is 4.90 Å². The van der Waals surface area contributed by atoms with Gasteiger partial charge in [-0.1, -0.05) is 0 Å². The van der Waals surface area contributed by atoms with E-state index in [2.05, 4.69) is 11.8 Å². The van der Waals surface area contributed by atoms with Crippen LogP contribution in [0.3, 0.4) is 0 Å². The molecule has 0 spiro atoms. The average Bonchev–Trinajstić information content (AvgIpc) is 2.26. The van der Waals surface area contributed by atoms with Gasteiger partial charge >= 0.3 is 0 Å². The van der Waals surface area contributed by atoms with Gasteiger partial charge in [-0.15, -0.1) is 0 Å². The number of β-lactam (4-membered cyclic amide) rings is 1. The second-order valence-corrected chi connectivity index (χ2v) is 4.36. The Hall–Kier alpha value is -0.650. The monoisotopic (exact) mass is 213 g/mol. The van der Waals surface area contributed by atoms with Crippen molar-refractivity contribution in [2.24, 2.45) is 5.73 Å². The van der Waals surface area contributed by atoms with Crippen molar-refractivity contribution in [2.45, 2.75) is 19.0 Å². The van der Waals surface area contributed by atoms with E-state index >= 15 is 0 Å². The summed E-state index contributed by atoms with van der Waals surface area (Å²) in [5, 5.41) is 0. The van der Waals surface area contributed by atoms with Gasteiger partial charge in [0.2, 0.25) is 5.91 Å². The van der Waals surface area contributed by atoms with E-state index in [0.29, 0.717) is 6.54 Å². The van der Waals surface area contributed by atoms with Crippen molar-refractivity contribution in [3.8, 4) is 0 Å². The van der Waals surface area contributed by atoms with Crippen LogP contribution in [0.1, 0.15) is 6.92 Å². The normalized spacial score (nSPS) is 30.1. The number of hydrogen-bond acceptors (Lipinski definition) is 4. The lowest BCUT2D eigenvalue weighted by Crippen LogP contribution is -2.65. The van der Waals surface area contributed by atoms with Crippen LogP contribution >= 0.6 is 0 Å². The minimum Gasteiger partial charge on any atom is -0.379 e. The number of nitrogens with zero attached hydrogens (tertiary/aromatic N) is 2. The summed E-state index contributed by atoms with van der Waals surface area (Å²) in [6.07, 6.45) is 0. The SMILES string of the molecule is CC(CN1CCOCC1)N1CC(N)C1=O. The van der Waals surface area contributed by atoms with Gasteiger partial charge in [0.25, 0.3) is 0 Å². The number of carbonyl (C=O) groups excluding carboxylic acids is 1. The zero-order chi connectivity index (χ0) is 10.8. The van der Waals surface area contributed by atoms with Crippen LogP contribution in [0.4, 0.5) is 0 Å². The van der Waals surface area contributed by atoms with E-state index in [0.717, 1.165) is 32.8 Å². The maximum Gasteiger partial charge on any atom is 0.241 e. The van der Waals surface area contributed by atoms with Crippen LogP contribution in [0.5, 0.6) is 0 Å². The maximum atomic E-state index is 11.4. The summed E-state index contributed by atoms with van der Waals surface area (Å²) in [5.41, 5.74) is 5.56. The number of likely N-dealkylation sites (tertiary alicyclic amines) is 1. The third-order valence-electron chi connectivity index (χ3n) is 3.15. The van der Waals surface area contributed by atoms with Crippen LogP contribution < -0.4 is 5.73 Å². The summed E-state index contributed by atoms with van der Waals surface area (Å²) in [6, 6.07) is 0.0209. The Bertz CT molecular complexity index is 241. The summed E-state index contributed by atoms with van der Waals surface area (Å²) in [4.78, 5) is 15.6. The number of hydrogen-bond donors (Lipinski definition) is 1. The zero-order valence-corrected chi connectivity index (χ0v) is 9.19. The van der Waals surface area contributed by atoms with E-state index in [1.54, 1.807) is 0 Å². The fourth-order valence-corrected chi connectivity index (χ4v) is 2.13. The van der Waals surface area contributed by atoms with E-state index in [4.69, 9.17) is 10.5 Å². The van der Waals surface area contributed by atoms with E-state index in [9.17, 15) is 4.79 Å². The average molecular weight is 213 g/mol. The maximum absolute atomic E-state index is 11.4. The van der Waals surface area contributed by atoms with Crippen molar-refractivity contribution in [3.05, 3.63) is 0 Å². The van der Waals surface area contributed by atoms with E-state index in [1.165, 1.54) is 0 Å². The summed E-state index contributed by atoms with van der Waals surface area (Å²) in [6.45, 7) is 7.28. The lowest BCUT2D eigenvalue weighted by molar-refractivity contribution is -0.145. The fourth-order valence-electron chi connectivity index (χ4n) is 2.13. The van der Waals surface area contributed by atoms with Gasteiger partial charge < -0.3 is 15.4 Å². The van der Waals surface area contributed by atoms with Crippen molar-refractivity contribution >= 4 is 5.91 Å². The topological polar surface area (TPSA) is 58.8 Å². The smallest absolute Gasteiger partial charge is 0.241 e. The lowest BCUT2D eigenvalue weighted by atomic mass is 10.1. The highest BCUT2D eigenvalue weighted by Gasteiger charge is 2.36. The lowest BCUT2D eigenvalue weighted by Gasteiger charge is -2.42. The second-order valence-electron chi connectivity index (χ2n) is 4.36. The molecule has 0 bridgehead atoms. The molecular weight excluding hydrogens is 194 g/mol. The Balaban J connectivity index is 1.76.